The molecule has 0 bridgehead atoms. The van der Waals surface area contributed by atoms with E-state index in [1.54, 1.807) is 0 Å². The van der Waals surface area contributed by atoms with Gasteiger partial charge in [0, 0.05) is 37.6 Å². The van der Waals surface area contributed by atoms with Gasteiger partial charge in [0.1, 0.15) is 0 Å². The molecule has 33 heavy (non-hydrogen) atoms. The molecule has 6 nitrogen and oxygen atoms in total. The summed E-state index contributed by atoms with van der Waals surface area (Å²) in [6.07, 6.45) is 0. The van der Waals surface area contributed by atoms with Gasteiger partial charge in [0.2, 0.25) is 10.0 Å². The van der Waals surface area contributed by atoms with Crippen LogP contribution >= 0.6 is 11.6 Å². The van der Waals surface area contributed by atoms with Gasteiger partial charge in [-0.1, -0.05) is 47.5 Å². The zero-order chi connectivity index (χ0) is 23.6. The summed E-state index contributed by atoms with van der Waals surface area (Å²) in [5.41, 5.74) is 3.86. The van der Waals surface area contributed by atoms with Crippen LogP contribution in [0.15, 0.2) is 71.6 Å². The normalized spacial score (nSPS) is 14.8. The Bertz CT molecular complexity index is 1270. The van der Waals surface area contributed by atoms with Crippen LogP contribution in [0.4, 0.5) is 11.4 Å². The number of para-hydroxylation sites is 1. The minimum atomic E-state index is -3.76. The Morgan fingerprint density at radius 1 is 0.909 bits per heavy atom. The number of anilines is 2. The number of sulfonamides is 1. The van der Waals surface area contributed by atoms with Gasteiger partial charge in [-0.15, -0.1) is 0 Å². The van der Waals surface area contributed by atoms with Crippen LogP contribution in [0, 0.1) is 13.8 Å². The van der Waals surface area contributed by atoms with E-state index in [0.717, 1.165) is 16.8 Å². The van der Waals surface area contributed by atoms with Crippen LogP contribution in [0.1, 0.15) is 21.5 Å². The first kappa shape index (κ1) is 23.3. The average molecular weight is 484 g/mol. The molecule has 172 valence electrons. The number of rotatable bonds is 5. The van der Waals surface area contributed by atoms with E-state index in [-0.39, 0.29) is 15.5 Å². The van der Waals surface area contributed by atoms with E-state index in [1.165, 1.54) is 22.5 Å². The fourth-order valence-corrected chi connectivity index (χ4v) is 5.61. The number of nitrogens with one attached hydrogen (secondary N) is 1. The largest absolute Gasteiger partial charge is 0.369 e. The molecule has 1 N–H and O–H groups in total. The van der Waals surface area contributed by atoms with Crippen LogP contribution in [0.25, 0.3) is 0 Å². The molecule has 4 rings (SSSR count). The lowest BCUT2D eigenvalue weighted by molar-refractivity contribution is 0.102. The van der Waals surface area contributed by atoms with Crippen molar-refractivity contribution in [1.82, 2.24) is 4.31 Å². The van der Waals surface area contributed by atoms with Crippen LogP contribution in [0.3, 0.4) is 0 Å². The molecule has 8 heteroatoms. The lowest BCUT2D eigenvalue weighted by Gasteiger charge is -2.35. The van der Waals surface area contributed by atoms with Gasteiger partial charge in [-0.05, 0) is 55.8 Å². The van der Waals surface area contributed by atoms with E-state index in [2.05, 4.69) is 10.2 Å². The number of amides is 1. The molecule has 3 aromatic carbocycles. The first-order valence-electron chi connectivity index (χ1n) is 10.7. The van der Waals surface area contributed by atoms with Crippen LogP contribution in [0.5, 0.6) is 0 Å². The monoisotopic (exact) mass is 483 g/mol. The van der Waals surface area contributed by atoms with Crippen LogP contribution in [-0.2, 0) is 10.0 Å². The van der Waals surface area contributed by atoms with E-state index in [9.17, 15) is 13.2 Å². The van der Waals surface area contributed by atoms with Crippen molar-refractivity contribution in [3.05, 3.63) is 88.4 Å². The van der Waals surface area contributed by atoms with Gasteiger partial charge in [-0.2, -0.15) is 4.31 Å². The van der Waals surface area contributed by atoms with Crippen LogP contribution < -0.4 is 10.2 Å². The lowest BCUT2D eigenvalue weighted by Crippen LogP contribution is -2.48. The molecule has 0 saturated carbocycles. The zero-order valence-corrected chi connectivity index (χ0v) is 20.2. The van der Waals surface area contributed by atoms with Gasteiger partial charge >= 0.3 is 0 Å². The molecule has 0 spiro atoms. The third kappa shape index (κ3) is 5.05. The highest BCUT2D eigenvalue weighted by Crippen LogP contribution is 2.26. The number of aryl methyl sites for hydroxylation is 2. The number of carbonyl (C=O) groups excluding carboxylic acids is 1. The summed E-state index contributed by atoms with van der Waals surface area (Å²) in [4.78, 5) is 15.1. The Morgan fingerprint density at radius 3 is 2.27 bits per heavy atom. The molecule has 0 radical (unpaired) electrons. The summed E-state index contributed by atoms with van der Waals surface area (Å²) < 4.78 is 28.1. The van der Waals surface area contributed by atoms with Crippen molar-refractivity contribution in [3.8, 4) is 0 Å². The molecule has 1 heterocycles. The number of hydrogen-bond donors (Lipinski definition) is 1. The second-order valence-electron chi connectivity index (χ2n) is 8.14. The van der Waals surface area contributed by atoms with Gasteiger partial charge < -0.3 is 10.2 Å². The Labute approximate surface area is 199 Å². The molecule has 0 unspecified atom stereocenters. The Hall–Kier alpha value is -2.87. The molecule has 0 atom stereocenters. The van der Waals surface area contributed by atoms with Crippen molar-refractivity contribution in [1.29, 1.82) is 0 Å². The highest BCUT2D eigenvalue weighted by Gasteiger charge is 2.29. The molecule has 1 amide bonds. The quantitative estimate of drug-likeness (QED) is 0.570. The van der Waals surface area contributed by atoms with Gasteiger partial charge in [-0.3, -0.25) is 4.79 Å². The molecule has 0 aliphatic carbocycles. The van der Waals surface area contributed by atoms with Crippen LogP contribution in [-0.4, -0.2) is 44.8 Å². The Balaban J connectivity index is 1.52. The Morgan fingerprint density at radius 2 is 1.61 bits per heavy atom. The average Bonchev–Trinajstić information content (AvgIpc) is 2.81. The summed E-state index contributed by atoms with van der Waals surface area (Å²) in [7, 11) is -3.76. The van der Waals surface area contributed by atoms with Gasteiger partial charge in [0.15, 0.2) is 0 Å². The first-order chi connectivity index (χ1) is 15.8. The number of halogens is 1. The minimum Gasteiger partial charge on any atom is -0.369 e. The third-order valence-electron chi connectivity index (χ3n) is 5.81. The SMILES string of the molecule is Cc1ccc(NC(=O)c2cc(S(=O)(=O)N3CCN(c4ccccc4)CC3)ccc2Cl)c(C)c1. The van der Waals surface area contributed by atoms with E-state index < -0.39 is 15.9 Å². The minimum absolute atomic E-state index is 0.0610. The second-order valence-corrected chi connectivity index (χ2v) is 10.5. The smallest absolute Gasteiger partial charge is 0.257 e. The fourth-order valence-electron chi connectivity index (χ4n) is 3.96. The number of hydrogen-bond acceptors (Lipinski definition) is 4. The number of carbonyl (C=O) groups is 1. The number of benzene rings is 3. The summed E-state index contributed by atoms with van der Waals surface area (Å²) in [5, 5.41) is 3.04. The first-order valence-corrected chi connectivity index (χ1v) is 12.6. The Kier molecular flexibility index (Phi) is 6.74. The third-order valence-corrected chi connectivity index (χ3v) is 8.03. The van der Waals surface area contributed by atoms with E-state index in [1.807, 2.05) is 62.4 Å². The van der Waals surface area contributed by atoms with Crippen molar-refractivity contribution >= 4 is 38.9 Å². The molecule has 1 saturated heterocycles. The lowest BCUT2D eigenvalue weighted by atomic mass is 10.1. The summed E-state index contributed by atoms with van der Waals surface area (Å²) in [6, 6.07) is 19.9. The zero-order valence-electron chi connectivity index (χ0n) is 18.6. The van der Waals surface area contributed by atoms with Crippen molar-refractivity contribution in [2.24, 2.45) is 0 Å². The van der Waals surface area contributed by atoms with Gasteiger partial charge in [0.05, 0.1) is 15.5 Å². The standard InChI is InChI=1S/C25H26ClN3O3S/c1-18-8-11-24(19(2)16-18)27-25(30)22-17-21(9-10-23(22)26)33(31,32)29-14-12-28(13-15-29)20-6-4-3-5-7-20/h3-11,16-17H,12-15H2,1-2H3,(H,27,30). The molecule has 3 aromatic rings. The van der Waals surface area contributed by atoms with Crippen molar-refractivity contribution in [3.63, 3.8) is 0 Å². The van der Waals surface area contributed by atoms with Crippen molar-refractivity contribution < 1.29 is 13.2 Å². The molecule has 1 aliphatic rings. The van der Waals surface area contributed by atoms with Crippen LogP contribution in [0.2, 0.25) is 5.02 Å². The molecular weight excluding hydrogens is 458 g/mol. The molecule has 1 fully saturated rings. The molecule has 0 aromatic heterocycles. The maximum Gasteiger partial charge on any atom is 0.257 e. The molecule has 1 aliphatic heterocycles. The predicted octanol–water partition coefficient (Wildman–Crippen LogP) is 4.72. The highest BCUT2D eigenvalue weighted by molar-refractivity contribution is 7.89. The second kappa shape index (κ2) is 9.55. The summed E-state index contributed by atoms with van der Waals surface area (Å²) in [5.74, 6) is -0.446. The van der Waals surface area contributed by atoms with Crippen molar-refractivity contribution in [2.45, 2.75) is 18.7 Å². The maximum atomic E-state index is 13.3. The van der Waals surface area contributed by atoms with E-state index >= 15 is 0 Å². The van der Waals surface area contributed by atoms with Gasteiger partial charge in [-0.25, -0.2) is 8.42 Å². The highest BCUT2D eigenvalue weighted by atomic mass is 35.5. The van der Waals surface area contributed by atoms with E-state index in [4.69, 9.17) is 11.6 Å². The summed E-state index contributed by atoms with van der Waals surface area (Å²) >= 11 is 6.27. The molecular formula is C25H26ClN3O3S. The maximum absolute atomic E-state index is 13.3. The fraction of sp³-hybridized carbons (Fsp3) is 0.240. The van der Waals surface area contributed by atoms with Crippen molar-refractivity contribution in [2.75, 3.05) is 36.4 Å². The topological polar surface area (TPSA) is 69.7 Å². The van der Waals surface area contributed by atoms with E-state index in [0.29, 0.717) is 31.9 Å². The predicted molar refractivity (Wildman–Crippen MR) is 133 cm³/mol. The number of piperazine rings is 1. The summed E-state index contributed by atoms with van der Waals surface area (Å²) in [6.45, 7) is 5.80. The number of nitrogens with zero attached hydrogens (tertiary/aromatic N) is 2. The van der Waals surface area contributed by atoms with Gasteiger partial charge in [0.25, 0.3) is 5.91 Å².